The molecule has 0 saturated heterocycles. The van der Waals surface area contributed by atoms with E-state index in [4.69, 9.17) is 5.73 Å². The summed E-state index contributed by atoms with van der Waals surface area (Å²) in [7, 11) is 0. The first-order valence-corrected chi connectivity index (χ1v) is 6.90. The summed E-state index contributed by atoms with van der Waals surface area (Å²) >= 11 is 0. The Kier molecular flexibility index (Phi) is 3.06. The Bertz CT molecular complexity index is 380. The van der Waals surface area contributed by atoms with Crippen LogP contribution < -0.4 is 5.73 Å². The standard InChI is InChI=1S/C15H22N2/c16-14-3-1-2-12(10-14)8-9-17(15-6-7-15)11-13-4-5-13/h1-3,10,13,15H,4-9,11,16H2. The van der Waals surface area contributed by atoms with Crippen LogP contribution in [0.3, 0.4) is 0 Å². The first-order valence-electron chi connectivity index (χ1n) is 6.90. The molecule has 0 atom stereocenters. The van der Waals surface area contributed by atoms with E-state index < -0.39 is 0 Å². The molecule has 1 aromatic rings. The summed E-state index contributed by atoms with van der Waals surface area (Å²) < 4.78 is 0. The number of rotatable bonds is 6. The van der Waals surface area contributed by atoms with Crippen molar-refractivity contribution in [2.24, 2.45) is 5.92 Å². The SMILES string of the molecule is Nc1cccc(CCN(CC2CC2)C2CC2)c1. The molecule has 2 nitrogen and oxygen atoms in total. The number of nitrogens with two attached hydrogens (primary N) is 1. The molecule has 2 fully saturated rings. The van der Waals surface area contributed by atoms with E-state index in [0.29, 0.717) is 0 Å². The minimum Gasteiger partial charge on any atom is -0.399 e. The zero-order chi connectivity index (χ0) is 11.7. The summed E-state index contributed by atoms with van der Waals surface area (Å²) in [4.78, 5) is 2.71. The quantitative estimate of drug-likeness (QED) is 0.761. The number of hydrogen-bond acceptors (Lipinski definition) is 2. The second-order valence-corrected chi connectivity index (χ2v) is 5.66. The monoisotopic (exact) mass is 230 g/mol. The predicted molar refractivity (Wildman–Crippen MR) is 71.9 cm³/mol. The van der Waals surface area contributed by atoms with Crippen LogP contribution in [0.15, 0.2) is 24.3 Å². The third-order valence-corrected chi connectivity index (χ3v) is 3.89. The summed E-state index contributed by atoms with van der Waals surface area (Å²) in [5.74, 6) is 1.01. The molecule has 0 unspecified atom stereocenters. The van der Waals surface area contributed by atoms with Crippen LogP contribution in [0.2, 0.25) is 0 Å². The van der Waals surface area contributed by atoms with Gasteiger partial charge in [-0.3, -0.25) is 4.90 Å². The van der Waals surface area contributed by atoms with E-state index in [2.05, 4.69) is 23.1 Å². The first kappa shape index (κ1) is 11.1. The van der Waals surface area contributed by atoms with E-state index in [1.807, 2.05) is 6.07 Å². The maximum atomic E-state index is 5.81. The second-order valence-electron chi connectivity index (χ2n) is 5.66. The third-order valence-electron chi connectivity index (χ3n) is 3.89. The summed E-state index contributed by atoms with van der Waals surface area (Å²) in [6.45, 7) is 2.55. The fourth-order valence-electron chi connectivity index (χ4n) is 2.52. The Morgan fingerprint density at radius 1 is 1.18 bits per heavy atom. The largest absolute Gasteiger partial charge is 0.399 e. The highest BCUT2D eigenvalue weighted by molar-refractivity contribution is 5.40. The highest BCUT2D eigenvalue weighted by Crippen LogP contribution is 2.34. The fraction of sp³-hybridized carbons (Fsp3) is 0.600. The van der Waals surface area contributed by atoms with E-state index in [1.54, 1.807) is 0 Å². The van der Waals surface area contributed by atoms with Crippen LogP contribution in [-0.2, 0) is 6.42 Å². The van der Waals surface area contributed by atoms with Crippen LogP contribution >= 0.6 is 0 Å². The van der Waals surface area contributed by atoms with Gasteiger partial charge in [-0.05, 0) is 55.7 Å². The van der Waals surface area contributed by atoms with Crippen molar-refractivity contribution in [1.82, 2.24) is 4.90 Å². The van der Waals surface area contributed by atoms with Gasteiger partial charge >= 0.3 is 0 Å². The van der Waals surface area contributed by atoms with E-state index in [-0.39, 0.29) is 0 Å². The van der Waals surface area contributed by atoms with Gasteiger partial charge in [-0.15, -0.1) is 0 Å². The molecule has 2 aliphatic carbocycles. The normalized spacial score (nSPS) is 19.8. The molecular weight excluding hydrogens is 208 g/mol. The fourth-order valence-corrected chi connectivity index (χ4v) is 2.52. The molecular formula is C15H22N2. The number of anilines is 1. The lowest BCUT2D eigenvalue weighted by Crippen LogP contribution is -2.30. The lowest BCUT2D eigenvalue weighted by Gasteiger charge is -2.21. The highest BCUT2D eigenvalue weighted by Gasteiger charge is 2.33. The molecule has 2 N–H and O–H groups in total. The maximum absolute atomic E-state index is 5.81. The molecule has 0 spiro atoms. The van der Waals surface area contributed by atoms with Crippen LogP contribution in [-0.4, -0.2) is 24.0 Å². The third kappa shape index (κ3) is 3.22. The number of hydrogen-bond donors (Lipinski definition) is 1. The van der Waals surface area contributed by atoms with Crippen molar-refractivity contribution >= 4 is 5.69 Å². The van der Waals surface area contributed by atoms with Crippen LogP contribution in [0.4, 0.5) is 5.69 Å². The molecule has 0 aliphatic heterocycles. The van der Waals surface area contributed by atoms with Crippen molar-refractivity contribution in [2.75, 3.05) is 18.8 Å². The molecule has 2 heteroatoms. The van der Waals surface area contributed by atoms with Crippen molar-refractivity contribution in [2.45, 2.75) is 38.1 Å². The topological polar surface area (TPSA) is 29.3 Å². The molecule has 0 bridgehead atoms. The van der Waals surface area contributed by atoms with Crippen molar-refractivity contribution in [3.8, 4) is 0 Å². The predicted octanol–water partition coefficient (Wildman–Crippen LogP) is 2.69. The minimum atomic E-state index is 0.891. The molecule has 0 heterocycles. The summed E-state index contributed by atoms with van der Waals surface area (Å²) in [5.41, 5.74) is 8.09. The Hall–Kier alpha value is -1.02. The lowest BCUT2D eigenvalue weighted by molar-refractivity contribution is 0.256. The van der Waals surface area contributed by atoms with Crippen LogP contribution in [0, 0.1) is 5.92 Å². The van der Waals surface area contributed by atoms with Crippen molar-refractivity contribution in [3.63, 3.8) is 0 Å². The maximum Gasteiger partial charge on any atom is 0.0316 e. The van der Waals surface area contributed by atoms with Gasteiger partial charge in [0.25, 0.3) is 0 Å². The van der Waals surface area contributed by atoms with Gasteiger partial charge in [0.15, 0.2) is 0 Å². The van der Waals surface area contributed by atoms with Crippen LogP contribution in [0.5, 0.6) is 0 Å². The Morgan fingerprint density at radius 2 is 2.00 bits per heavy atom. The molecule has 17 heavy (non-hydrogen) atoms. The zero-order valence-electron chi connectivity index (χ0n) is 10.4. The average molecular weight is 230 g/mol. The number of nitrogens with zero attached hydrogens (tertiary/aromatic N) is 1. The Balaban J connectivity index is 1.53. The van der Waals surface area contributed by atoms with E-state index in [9.17, 15) is 0 Å². The molecule has 2 saturated carbocycles. The van der Waals surface area contributed by atoms with Gasteiger partial charge in [0.05, 0.1) is 0 Å². The Morgan fingerprint density at radius 3 is 2.65 bits per heavy atom. The van der Waals surface area contributed by atoms with Crippen LogP contribution in [0.1, 0.15) is 31.2 Å². The summed E-state index contributed by atoms with van der Waals surface area (Å²) in [6.07, 6.45) is 6.91. The second kappa shape index (κ2) is 4.69. The van der Waals surface area contributed by atoms with Gasteiger partial charge < -0.3 is 5.73 Å². The molecule has 0 radical (unpaired) electrons. The van der Waals surface area contributed by atoms with E-state index in [0.717, 1.165) is 24.1 Å². The highest BCUT2D eigenvalue weighted by atomic mass is 15.2. The van der Waals surface area contributed by atoms with Gasteiger partial charge in [-0.1, -0.05) is 12.1 Å². The van der Waals surface area contributed by atoms with Crippen molar-refractivity contribution < 1.29 is 0 Å². The van der Waals surface area contributed by atoms with E-state index in [1.165, 1.54) is 44.3 Å². The molecule has 1 aromatic carbocycles. The average Bonchev–Trinajstić information content (AvgIpc) is 3.14. The zero-order valence-corrected chi connectivity index (χ0v) is 10.4. The van der Waals surface area contributed by atoms with E-state index >= 15 is 0 Å². The molecule has 3 rings (SSSR count). The minimum absolute atomic E-state index is 0.891. The molecule has 0 aromatic heterocycles. The molecule has 2 aliphatic rings. The van der Waals surface area contributed by atoms with Gasteiger partial charge in [-0.25, -0.2) is 0 Å². The molecule has 0 amide bonds. The lowest BCUT2D eigenvalue weighted by atomic mass is 10.1. The number of benzene rings is 1. The van der Waals surface area contributed by atoms with Crippen molar-refractivity contribution in [1.29, 1.82) is 0 Å². The Labute approximate surface area is 104 Å². The van der Waals surface area contributed by atoms with Gasteiger partial charge in [0, 0.05) is 24.8 Å². The van der Waals surface area contributed by atoms with Gasteiger partial charge in [0.2, 0.25) is 0 Å². The smallest absolute Gasteiger partial charge is 0.0316 e. The van der Waals surface area contributed by atoms with Crippen LogP contribution in [0.25, 0.3) is 0 Å². The molecule has 92 valence electrons. The number of nitrogen functional groups attached to an aromatic ring is 1. The van der Waals surface area contributed by atoms with Gasteiger partial charge in [0.1, 0.15) is 0 Å². The summed E-state index contributed by atoms with van der Waals surface area (Å²) in [6, 6.07) is 9.23. The van der Waals surface area contributed by atoms with Gasteiger partial charge in [-0.2, -0.15) is 0 Å². The summed E-state index contributed by atoms with van der Waals surface area (Å²) in [5, 5.41) is 0. The first-order chi connectivity index (χ1) is 8.31. The van der Waals surface area contributed by atoms with Crippen molar-refractivity contribution in [3.05, 3.63) is 29.8 Å².